The van der Waals surface area contributed by atoms with Crippen molar-refractivity contribution in [2.24, 2.45) is 0 Å². The summed E-state index contributed by atoms with van der Waals surface area (Å²) >= 11 is 1.67. The summed E-state index contributed by atoms with van der Waals surface area (Å²) in [5.74, 6) is 0. The zero-order chi connectivity index (χ0) is 12.0. The fourth-order valence-corrected chi connectivity index (χ4v) is 2.64. The van der Waals surface area contributed by atoms with Crippen molar-refractivity contribution in [2.45, 2.75) is 20.8 Å². The molecule has 0 saturated carbocycles. The van der Waals surface area contributed by atoms with Gasteiger partial charge < -0.3 is 0 Å². The molecule has 3 rings (SSSR count). The van der Waals surface area contributed by atoms with Gasteiger partial charge in [-0.3, -0.25) is 4.40 Å². The third-order valence-electron chi connectivity index (χ3n) is 2.82. The fraction of sp³-hybridized carbons (Fsp3) is 0.231. The van der Waals surface area contributed by atoms with Gasteiger partial charge in [0.1, 0.15) is 11.3 Å². The second-order valence-corrected chi connectivity index (χ2v) is 5.29. The van der Waals surface area contributed by atoms with Crippen LogP contribution in [0.1, 0.15) is 16.3 Å². The minimum atomic E-state index is 0.989. The SMILES string of the molecule is Cc1ccn2c(-c3csc(C)n3)c(C)nc2c1. The molecular formula is C13H13N3S. The van der Waals surface area contributed by atoms with Crippen molar-refractivity contribution in [3.8, 4) is 11.4 Å². The maximum absolute atomic E-state index is 4.59. The topological polar surface area (TPSA) is 30.2 Å². The number of imidazole rings is 1. The van der Waals surface area contributed by atoms with Crippen LogP contribution in [0.25, 0.3) is 17.0 Å². The standard InChI is InChI=1S/C13H13N3S/c1-8-4-5-16-12(6-8)14-9(2)13(16)11-7-17-10(3)15-11/h4-7H,1-3H3. The highest BCUT2D eigenvalue weighted by Crippen LogP contribution is 2.26. The minimum Gasteiger partial charge on any atom is -0.298 e. The van der Waals surface area contributed by atoms with Gasteiger partial charge in [0, 0.05) is 11.6 Å². The highest BCUT2D eigenvalue weighted by atomic mass is 32.1. The van der Waals surface area contributed by atoms with E-state index >= 15 is 0 Å². The van der Waals surface area contributed by atoms with Crippen LogP contribution in [0.3, 0.4) is 0 Å². The van der Waals surface area contributed by atoms with E-state index in [2.05, 4.69) is 45.0 Å². The second kappa shape index (κ2) is 3.67. The molecule has 3 aromatic rings. The van der Waals surface area contributed by atoms with Gasteiger partial charge in [-0.15, -0.1) is 11.3 Å². The van der Waals surface area contributed by atoms with Crippen LogP contribution in [0.15, 0.2) is 23.7 Å². The lowest BCUT2D eigenvalue weighted by Crippen LogP contribution is -1.89. The van der Waals surface area contributed by atoms with Crippen molar-refractivity contribution >= 4 is 17.0 Å². The Morgan fingerprint density at radius 2 is 2.00 bits per heavy atom. The van der Waals surface area contributed by atoms with Gasteiger partial charge in [0.15, 0.2) is 0 Å². The summed E-state index contributed by atoms with van der Waals surface area (Å²) in [7, 11) is 0. The summed E-state index contributed by atoms with van der Waals surface area (Å²) in [4.78, 5) is 9.13. The maximum atomic E-state index is 4.59. The minimum absolute atomic E-state index is 0.989. The van der Waals surface area contributed by atoms with Crippen molar-refractivity contribution in [1.82, 2.24) is 14.4 Å². The molecule has 0 N–H and O–H groups in total. The second-order valence-electron chi connectivity index (χ2n) is 4.23. The van der Waals surface area contributed by atoms with Gasteiger partial charge in [0.2, 0.25) is 0 Å². The summed E-state index contributed by atoms with van der Waals surface area (Å²) in [6.45, 7) is 6.14. The summed E-state index contributed by atoms with van der Waals surface area (Å²) in [6.07, 6.45) is 2.06. The number of nitrogens with zero attached hydrogens (tertiary/aromatic N) is 3. The average molecular weight is 243 g/mol. The number of aryl methyl sites for hydroxylation is 3. The zero-order valence-corrected chi connectivity index (χ0v) is 10.9. The molecule has 3 heterocycles. The van der Waals surface area contributed by atoms with Crippen molar-refractivity contribution < 1.29 is 0 Å². The molecule has 3 nitrogen and oxygen atoms in total. The van der Waals surface area contributed by atoms with Crippen LogP contribution in [0, 0.1) is 20.8 Å². The Kier molecular flexibility index (Phi) is 2.26. The average Bonchev–Trinajstić information content (AvgIpc) is 2.80. The number of aromatic nitrogens is 3. The van der Waals surface area contributed by atoms with Gasteiger partial charge in [-0.1, -0.05) is 0 Å². The Balaban J connectivity index is 2.32. The number of hydrogen-bond donors (Lipinski definition) is 0. The molecule has 4 heteroatoms. The maximum Gasteiger partial charge on any atom is 0.137 e. The first-order valence-corrected chi connectivity index (χ1v) is 6.41. The molecule has 0 unspecified atom stereocenters. The Bertz CT molecular complexity index is 694. The molecule has 3 aromatic heterocycles. The van der Waals surface area contributed by atoms with E-state index in [0.29, 0.717) is 0 Å². The smallest absolute Gasteiger partial charge is 0.137 e. The third-order valence-corrected chi connectivity index (χ3v) is 3.59. The van der Waals surface area contributed by atoms with E-state index in [1.54, 1.807) is 11.3 Å². The number of hydrogen-bond acceptors (Lipinski definition) is 3. The van der Waals surface area contributed by atoms with Crippen LogP contribution in [0.2, 0.25) is 0 Å². The first kappa shape index (κ1) is 10.5. The van der Waals surface area contributed by atoms with Crippen LogP contribution < -0.4 is 0 Å². The summed E-state index contributed by atoms with van der Waals surface area (Å²) < 4.78 is 2.11. The van der Waals surface area contributed by atoms with E-state index in [1.807, 2.05) is 13.8 Å². The van der Waals surface area contributed by atoms with Crippen molar-refractivity contribution in [2.75, 3.05) is 0 Å². The molecule has 86 valence electrons. The molecule has 0 spiro atoms. The van der Waals surface area contributed by atoms with E-state index in [1.165, 1.54) is 5.56 Å². The van der Waals surface area contributed by atoms with Crippen LogP contribution in [-0.2, 0) is 0 Å². The molecule has 0 radical (unpaired) electrons. The largest absolute Gasteiger partial charge is 0.298 e. The van der Waals surface area contributed by atoms with E-state index in [9.17, 15) is 0 Å². The number of fused-ring (bicyclic) bond motifs is 1. The van der Waals surface area contributed by atoms with Gasteiger partial charge in [-0.2, -0.15) is 0 Å². The number of pyridine rings is 1. The zero-order valence-electron chi connectivity index (χ0n) is 10.1. The van der Waals surface area contributed by atoms with Gasteiger partial charge in [-0.05, 0) is 38.5 Å². The number of thiazole rings is 1. The molecule has 0 aromatic carbocycles. The molecule has 17 heavy (non-hydrogen) atoms. The lowest BCUT2D eigenvalue weighted by molar-refractivity contribution is 1.15. The first-order chi connectivity index (χ1) is 8.15. The van der Waals surface area contributed by atoms with E-state index in [4.69, 9.17) is 0 Å². The van der Waals surface area contributed by atoms with E-state index in [0.717, 1.165) is 27.7 Å². The molecular weight excluding hydrogens is 230 g/mol. The highest BCUT2D eigenvalue weighted by molar-refractivity contribution is 7.09. The highest BCUT2D eigenvalue weighted by Gasteiger charge is 2.13. The molecule has 0 aliphatic rings. The normalized spacial score (nSPS) is 11.2. The Morgan fingerprint density at radius 1 is 1.18 bits per heavy atom. The van der Waals surface area contributed by atoms with Crippen LogP contribution in [-0.4, -0.2) is 14.4 Å². The Hall–Kier alpha value is -1.68. The van der Waals surface area contributed by atoms with Crippen LogP contribution in [0.5, 0.6) is 0 Å². The monoisotopic (exact) mass is 243 g/mol. The van der Waals surface area contributed by atoms with Crippen molar-refractivity contribution in [3.63, 3.8) is 0 Å². The molecule has 0 bridgehead atoms. The summed E-state index contributed by atoms with van der Waals surface area (Å²) in [5.41, 5.74) is 5.36. The van der Waals surface area contributed by atoms with E-state index < -0.39 is 0 Å². The van der Waals surface area contributed by atoms with Gasteiger partial charge in [0.25, 0.3) is 0 Å². The molecule has 0 atom stereocenters. The fourth-order valence-electron chi connectivity index (χ4n) is 2.05. The summed E-state index contributed by atoms with van der Waals surface area (Å²) in [6, 6.07) is 4.19. The van der Waals surface area contributed by atoms with E-state index in [-0.39, 0.29) is 0 Å². The van der Waals surface area contributed by atoms with Gasteiger partial charge in [0.05, 0.1) is 16.4 Å². The van der Waals surface area contributed by atoms with Crippen molar-refractivity contribution in [3.05, 3.63) is 40.0 Å². The van der Waals surface area contributed by atoms with Gasteiger partial charge in [-0.25, -0.2) is 9.97 Å². The molecule has 0 aliphatic heterocycles. The van der Waals surface area contributed by atoms with Gasteiger partial charge >= 0.3 is 0 Å². The summed E-state index contributed by atoms with van der Waals surface area (Å²) in [5, 5.41) is 3.17. The third kappa shape index (κ3) is 1.65. The molecule has 0 fully saturated rings. The first-order valence-electron chi connectivity index (χ1n) is 5.53. The van der Waals surface area contributed by atoms with Crippen molar-refractivity contribution in [1.29, 1.82) is 0 Å². The lowest BCUT2D eigenvalue weighted by atomic mass is 10.2. The Morgan fingerprint density at radius 3 is 2.71 bits per heavy atom. The predicted molar refractivity (Wildman–Crippen MR) is 70.5 cm³/mol. The molecule has 0 aliphatic carbocycles. The lowest BCUT2D eigenvalue weighted by Gasteiger charge is -2.00. The quantitative estimate of drug-likeness (QED) is 0.656. The molecule has 0 saturated heterocycles. The predicted octanol–water partition coefficient (Wildman–Crippen LogP) is 3.38. The number of rotatable bonds is 1. The Labute approximate surface area is 104 Å². The van der Waals surface area contributed by atoms with Crippen LogP contribution >= 0.6 is 11.3 Å². The van der Waals surface area contributed by atoms with Crippen LogP contribution in [0.4, 0.5) is 0 Å². The molecule has 0 amide bonds.